The van der Waals surface area contributed by atoms with Crippen molar-refractivity contribution < 1.29 is 13.5 Å². The molecule has 0 saturated heterocycles. The number of ether oxygens (including phenoxy) is 1. The first-order chi connectivity index (χ1) is 9.05. The molecule has 2 nitrogen and oxygen atoms in total. The molecule has 4 heteroatoms. The van der Waals surface area contributed by atoms with Gasteiger partial charge in [-0.15, -0.1) is 0 Å². The Hall–Kier alpha value is -1.00. The van der Waals surface area contributed by atoms with Crippen molar-refractivity contribution in [1.82, 2.24) is 5.32 Å². The Labute approximate surface area is 113 Å². The molecule has 1 unspecified atom stereocenters. The third kappa shape index (κ3) is 2.39. The molecular weight excluding hydrogens is 248 g/mol. The summed E-state index contributed by atoms with van der Waals surface area (Å²) in [5.41, 5.74) is 0.293. The molecule has 0 bridgehead atoms. The highest BCUT2D eigenvalue weighted by atomic mass is 19.2. The molecule has 1 aromatic carbocycles. The first-order valence-electron chi connectivity index (χ1n) is 6.78. The Morgan fingerprint density at radius 3 is 2.47 bits per heavy atom. The number of halogens is 2. The van der Waals surface area contributed by atoms with Crippen LogP contribution in [0.15, 0.2) is 12.1 Å². The molecule has 106 valence electrons. The molecule has 0 radical (unpaired) electrons. The number of aryl methyl sites for hydroxylation is 1. The van der Waals surface area contributed by atoms with Crippen LogP contribution in [0.3, 0.4) is 0 Å². The number of hydrogen-bond donors (Lipinski definition) is 1. The van der Waals surface area contributed by atoms with Crippen LogP contribution in [0.25, 0.3) is 0 Å². The van der Waals surface area contributed by atoms with Crippen LogP contribution in [-0.4, -0.2) is 19.3 Å². The molecule has 1 fully saturated rings. The van der Waals surface area contributed by atoms with Crippen LogP contribution in [0.4, 0.5) is 8.78 Å². The predicted octanol–water partition coefficient (Wildman–Crippen LogP) is 3.49. The monoisotopic (exact) mass is 269 g/mol. The van der Waals surface area contributed by atoms with Gasteiger partial charge in [0.1, 0.15) is 0 Å². The van der Waals surface area contributed by atoms with Gasteiger partial charge < -0.3 is 10.1 Å². The Bertz CT molecular complexity index is 452. The first-order valence-corrected chi connectivity index (χ1v) is 6.78. The highest BCUT2D eigenvalue weighted by molar-refractivity contribution is 5.30. The maximum absolute atomic E-state index is 14.2. The van der Waals surface area contributed by atoms with Crippen LogP contribution in [0.2, 0.25) is 0 Å². The van der Waals surface area contributed by atoms with Crippen LogP contribution in [0.5, 0.6) is 0 Å². The van der Waals surface area contributed by atoms with Crippen molar-refractivity contribution in [2.75, 3.05) is 13.7 Å². The maximum atomic E-state index is 14.2. The number of likely N-dealkylation sites (N-methyl/N-ethyl adjacent to an activating group) is 1. The number of rotatable bonds is 5. The zero-order valence-electron chi connectivity index (χ0n) is 11.7. The molecule has 0 aliphatic heterocycles. The van der Waals surface area contributed by atoms with Gasteiger partial charge in [0.25, 0.3) is 0 Å². The molecule has 19 heavy (non-hydrogen) atoms. The van der Waals surface area contributed by atoms with Gasteiger partial charge in [-0.2, -0.15) is 0 Å². The highest BCUT2D eigenvalue weighted by Gasteiger charge is 2.46. The minimum absolute atomic E-state index is 0.300. The van der Waals surface area contributed by atoms with Crippen molar-refractivity contribution in [3.8, 4) is 0 Å². The Morgan fingerprint density at radius 2 is 2.00 bits per heavy atom. The maximum Gasteiger partial charge on any atom is 0.163 e. The minimum atomic E-state index is -0.758. The predicted molar refractivity (Wildman–Crippen MR) is 71.1 cm³/mol. The zero-order chi connectivity index (χ0) is 14.0. The normalized spacial score (nSPS) is 19.0. The van der Waals surface area contributed by atoms with Crippen molar-refractivity contribution in [2.24, 2.45) is 0 Å². The summed E-state index contributed by atoms with van der Waals surface area (Å²) >= 11 is 0. The second kappa shape index (κ2) is 5.55. The van der Waals surface area contributed by atoms with E-state index in [0.29, 0.717) is 17.7 Å². The molecule has 0 amide bonds. The van der Waals surface area contributed by atoms with Crippen LogP contribution in [0, 0.1) is 18.6 Å². The summed E-state index contributed by atoms with van der Waals surface area (Å²) in [7, 11) is 1.64. The summed E-state index contributed by atoms with van der Waals surface area (Å²) in [6.07, 6.45) is 2.80. The summed E-state index contributed by atoms with van der Waals surface area (Å²) in [6.45, 7) is 4.21. The van der Waals surface area contributed by atoms with Crippen LogP contribution in [-0.2, 0) is 4.74 Å². The Kier molecular flexibility index (Phi) is 4.21. The molecule has 0 aromatic heterocycles. The van der Waals surface area contributed by atoms with E-state index in [1.807, 2.05) is 6.92 Å². The first kappa shape index (κ1) is 14.4. The van der Waals surface area contributed by atoms with E-state index in [0.717, 1.165) is 19.3 Å². The average Bonchev–Trinajstić information content (AvgIpc) is 2.35. The van der Waals surface area contributed by atoms with Crippen molar-refractivity contribution >= 4 is 0 Å². The van der Waals surface area contributed by atoms with Crippen molar-refractivity contribution in [2.45, 2.75) is 44.8 Å². The molecule has 0 heterocycles. The summed E-state index contributed by atoms with van der Waals surface area (Å²) in [5.74, 6) is -1.51. The molecule has 0 spiro atoms. The second-order valence-electron chi connectivity index (χ2n) is 5.21. The third-order valence-corrected chi connectivity index (χ3v) is 4.16. The molecule has 1 N–H and O–H groups in total. The number of hydrogen-bond acceptors (Lipinski definition) is 2. The van der Waals surface area contributed by atoms with Crippen LogP contribution >= 0.6 is 0 Å². The molecule has 2 rings (SSSR count). The lowest BCUT2D eigenvalue weighted by Gasteiger charge is -2.47. The van der Waals surface area contributed by atoms with E-state index in [-0.39, 0.29) is 6.04 Å². The van der Waals surface area contributed by atoms with Gasteiger partial charge in [0.2, 0.25) is 0 Å². The van der Waals surface area contributed by atoms with E-state index in [1.54, 1.807) is 26.2 Å². The Balaban J connectivity index is 2.42. The minimum Gasteiger partial charge on any atom is -0.376 e. The van der Waals surface area contributed by atoms with Gasteiger partial charge in [-0.25, -0.2) is 8.78 Å². The lowest BCUT2D eigenvalue weighted by molar-refractivity contribution is -0.100. The number of methoxy groups -OCH3 is 1. The summed E-state index contributed by atoms with van der Waals surface area (Å²) in [5, 5.41) is 3.25. The molecule has 1 saturated carbocycles. The molecule has 1 aliphatic carbocycles. The average molecular weight is 269 g/mol. The van der Waals surface area contributed by atoms with Gasteiger partial charge in [-0.3, -0.25) is 0 Å². The van der Waals surface area contributed by atoms with Gasteiger partial charge in [0.15, 0.2) is 11.6 Å². The van der Waals surface area contributed by atoms with E-state index in [1.165, 1.54) is 0 Å². The quantitative estimate of drug-likeness (QED) is 0.883. The lowest BCUT2D eigenvalue weighted by Crippen LogP contribution is -2.51. The summed E-state index contributed by atoms with van der Waals surface area (Å²) < 4.78 is 33.6. The fourth-order valence-corrected chi connectivity index (χ4v) is 2.80. The zero-order valence-corrected chi connectivity index (χ0v) is 11.7. The lowest BCUT2D eigenvalue weighted by atomic mass is 9.72. The van der Waals surface area contributed by atoms with Crippen molar-refractivity contribution in [3.63, 3.8) is 0 Å². The summed E-state index contributed by atoms with van der Waals surface area (Å²) in [4.78, 5) is 0. The Morgan fingerprint density at radius 1 is 1.32 bits per heavy atom. The summed E-state index contributed by atoms with van der Waals surface area (Å²) in [6, 6.07) is 2.99. The standard InChI is InChI=1S/C15H21F2NO/c1-4-18-14(15(19-3)8-5-9-15)11-7-6-10(2)12(16)13(11)17/h6-7,14,18H,4-5,8-9H2,1-3H3. The fourth-order valence-electron chi connectivity index (χ4n) is 2.80. The molecular formula is C15H21F2NO. The number of benzene rings is 1. The fraction of sp³-hybridized carbons (Fsp3) is 0.600. The SMILES string of the molecule is CCNC(c1ccc(C)c(F)c1F)C1(OC)CCC1. The van der Waals surface area contributed by atoms with E-state index in [9.17, 15) is 8.78 Å². The molecule has 1 aliphatic rings. The second-order valence-corrected chi connectivity index (χ2v) is 5.21. The van der Waals surface area contributed by atoms with Crippen LogP contribution in [0.1, 0.15) is 43.4 Å². The molecule has 1 aromatic rings. The molecule has 1 atom stereocenters. The van der Waals surface area contributed by atoms with Crippen LogP contribution < -0.4 is 5.32 Å². The van der Waals surface area contributed by atoms with E-state index in [2.05, 4.69) is 5.32 Å². The van der Waals surface area contributed by atoms with E-state index < -0.39 is 17.2 Å². The van der Waals surface area contributed by atoms with E-state index >= 15 is 0 Å². The van der Waals surface area contributed by atoms with Crippen molar-refractivity contribution in [3.05, 3.63) is 34.9 Å². The van der Waals surface area contributed by atoms with Gasteiger partial charge in [-0.05, 0) is 38.3 Å². The largest absolute Gasteiger partial charge is 0.376 e. The van der Waals surface area contributed by atoms with Gasteiger partial charge >= 0.3 is 0 Å². The van der Waals surface area contributed by atoms with Gasteiger partial charge in [0, 0.05) is 12.7 Å². The number of nitrogens with one attached hydrogen (secondary N) is 1. The van der Waals surface area contributed by atoms with Crippen molar-refractivity contribution in [1.29, 1.82) is 0 Å². The highest BCUT2D eigenvalue weighted by Crippen LogP contribution is 2.45. The smallest absolute Gasteiger partial charge is 0.163 e. The van der Waals surface area contributed by atoms with Gasteiger partial charge in [0.05, 0.1) is 11.6 Å². The topological polar surface area (TPSA) is 21.3 Å². The third-order valence-electron chi connectivity index (χ3n) is 4.16. The van der Waals surface area contributed by atoms with Gasteiger partial charge in [-0.1, -0.05) is 19.1 Å². The van der Waals surface area contributed by atoms with E-state index in [4.69, 9.17) is 4.74 Å².